The fraction of sp³-hybridized carbons (Fsp3) is 0.500. The summed E-state index contributed by atoms with van der Waals surface area (Å²) in [5.41, 5.74) is 6.33. The number of carbonyl (C=O) groups is 1. The standard InChI is InChI=1S/C12H19N3O2/c1-3-5-10(13)12(16)15-9-6-7-11(14-8-9)17-4-2/h6-8,10H,3-5,13H2,1-2H3,(H,15,16)/t10-/m1/s1. The Morgan fingerprint density at radius 1 is 1.53 bits per heavy atom. The van der Waals surface area contributed by atoms with Crippen molar-refractivity contribution in [1.29, 1.82) is 0 Å². The van der Waals surface area contributed by atoms with Gasteiger partial charge in [-0.05, 0) is 19.4 Å². The normalized spacial score (nSPS) is 11.9. The van der Waals surface area contributed by atoms with E-state index in [2.05, 4.69) is 10.3 Å². The van der Waals surface area contributed by atoms with Crippen LogP contribution in [0.3, 0.4) is 0 Å². The fourth-order valence-electron chi connectivity index (χ4n) is 1.36. The molecule has 0 aliphatic rings. The van der Waals surface area contributed by atoms with Crippen molar-refractivity contribution in [2.24, 2.45) is 5.73 Å². The minimum Gasteiger partial charge on any atom is -0.478 e. The van der Waals surface area contributed by atoms with Gasteiger partial charge in [0.2, 0.25) is 11.8 Å². The molecule has 5 heteroatoms. The van der Waals surface area contributed by atoms with Crippen molar-refractivity contribution in [3.05, 3.63) is 18.3 Å². The SMILES string of the molecule is CCC[C@@H](N)C(=O)Nc1ccc(OCC)nc1. The van der Waals surface area contributed by atoms with Gasteiger partial charge < -0.3 is 15.8 Å². The first-order chi connectivity index (χ1) is 8.17. The number of rotatable bonds is 6. The Bertz CT molecular complexity index is 351. The number of aromatic nitrogens is 1. The molecular weight excluding hydrogens is 218 g/mol. The van der Waals surface area contributed by atoms with Gasteiger partial charge in [0.05, 0.1) is 24.5 Å². The van der Waals surface area contributed by atoms with Crippen LogP contribution in [0.25, 0.3) is 0 Å². The lowest BCUT2D eigenvalue weighted by molar-refractivity contribution is -0.117. The Morgan fingerprint density at radius 2 is 2.29 bits per heavy atom. The van der Waals surface area contributed by atoms with E-state index >= 15 is 0 Å². The topological polar surface area (TPSA) is 77.2 Å². The molecule has 17 heavy (non-hydrogen) atoms. The van der Waals surface area contributed by atoms with Gasteiger partial charge in [-0.1, -0.05) is 13.3 Å². The summed E-state index contributed by atoms with van der Waals surface area (Å²) in [6.07, 6.45) is 3.12. The molecule has 1 rings (SSSR count). The summed E-state index contributed by atoms with van der Waals surface area (Å²) in [6, 6.07) is 2.99. The van der Waals surface area contributed by atoms with Crippen LogP contribution in [0.4, 0.5) is 5.69 Å². The molecule has 0 aliphatic heterocycles. The van der Waals surface area contributed by atoms with Gasteiger partial charge in [0.15, 0.2) is 0 Å². The third kappa shape index (κ3) is 4.40. The molecule has 1 atom stereocenters. The van der Waals surface area contributed by atoms with Crippen LogP contribution in [0.5, 0.6) is 5.88 Å². The average Bonchev–Trinajstić information content (AvgIpc) is 2.32. The van der Waals surface area contributed by atoms with Crippen LogP contribution in [0, 0.1) is 0 Å². The maximum Gasteiger partial charge on any atom is 0.241 e. The molecule has 0 aromatic carbocycles. The lowest BCUT2D eigenvalue weighted by Crippen LogP contribution is -2.35. The predicted octanol–water partition coefficient (Wildman–Crippen LogP) is 1.55. The first kappa shape index (κ1) is 13.4. The van der Waals surface area contributed by atoms with E-state index in [1.54, 1.807) is 18.3 Å². The molecule has 1 aromatic rings. The van der Waals surface area contributed by atoms with E-state index in [9.17, 15) is 4.79 Å². The van der Waals surface area contributed by atoms with Crippen molar-refractivity contribution in [3.8, 4) is 5.88 Å². The van der Waals surface area contributed by atoms with E-state index in [0.29, 0.717) is 24.6 Å². The monoisotopic (exact) mass is 237 g/mol. The minimum absolute atomic E-state index is 0.183. The van der Waals surface area contributed by atoms with Crippen LogP contribution >= 0.6 is 0 Å². The van der Waals surface area contributed by atoms with Gasteiger partial charge in [0, 0.05) is 6.07 Å². The number of ether oxygens (including phenoxy) is 1. The molecule has 0 saturated carbocycles. The molecule has 0 aliphatic carbocycles. The zero-order valence-electron chi connectivity index (χ0n) is 10.3. The molecule has 5 nitrogen and oxygen atoms in total. The zero-order valence-corrected chi connectivity index (χ0v) is 10.3. The van der Waals surface area contributed by atoms with Crippen molar-refractivity contribution in [2.75, 3.05) is 11.9 Å². The number of nitrogens with one attached hydrogen (secondary N) is 1. The smallest absolute Gasteiger partial charge is 0.241 e. The molecule has 0 bridgehead atoms. The molecule has 0 saturated heterocycles. The van der Waals surface area contributed by atoms with Crippen molar-refractivity contribution in [1.82, 2.24) is 4.98 Å². The minimum atomic E-state index is -0.466. The summed E-state index contributed by atoms with van der Waals surface area (Å²) < 4.78 is 5.20. The third-order valence-electron chi connectivity index (χ3n) is 2.23. The van der Waals surface area contributed by atoms with Gasteiger partial charge >= 0.3 is 0 Å². The largest absolute Gasteiger partial charge is 0.478 e. The Morgan fingerprint density at radius 3 is 2.82 bits per heavy atom. The Kier molecular flexibility index (Phi) is 5.42. The summed E-state index contributed by atoms with van der Waals surface area (Å²) in [7, 11) is 0. The summed E-state index contributed by atoms with van der Waals surface area (Å²) in [4.78, 5) is 15.7. The number of hydrogen-bond donors (Lipinski definition) is 2. The molecular formula is C12H19N3O2. The van der Waals surface area contributed by atoms with Gasteiger partial charge in [0.1, 0.15) is 0 Å². The van der Waals surface area contributed by atoms with Crippen molar-refractivity contribution in [2.45, 2.75) is 32.7 Å². The average molecular weight is 237 g/mol. The molecule has 1 aromatic heterocycles. The number of anilines is 1. The number of pyridine rings is 1. The van der Waals surface area contributed by atoms with Crippen molar-refractivity contribution in [3.63, 3.8) is 0 Å². The molecule has 0 unspecified atom stereocenters. The number of nitrogens with zero attached hydrogens (tertiary/aromatic N) is 1. The Balaban J connectivity index is 2.53. The summed E-state index contributed by atoms with van der Waals surface area (Å²) in [5, 5.41) is 2.71. The maximum atomic E-state index is 11.6. The van der Waals surface area contributed by atoms with Gasteiger partial charge in [-0.3, -0.25) is 4.79 Å². The quantitative estimate of drug-likeness (QED) is 0.787. The molecule has 1 amide bonds. The van der Waals surface area contributed by atoms with Gasteiger partial charge in [-0.25, -0.2) is 4.98 Å². The number of amides is 1. The number of nitrogens with two attached hydrogens (primary N) is 1. The lowest BCUT2D eigenvalue weighted by atomic mass is 10.1. The second kappa shape index (κ2) is 6.85. The molecule has 1 heterocycles. The van der Waals surface area contributed by atoms with Gasteiger partial charge in [-0.2, -0.15) is 0 Å². The van der Waals surface area contributed by atoms with Crippen LogP contribution in [-0.2, 0) is 4.79 Å². The van der Waals surface area contributed by atoms with Crippen LogP contribution in [0.1, 0.15) is 26.7 Å². The highest BCUT2D eigenvalue weighted by Crippen LogP contribution is 2.11. The number of hydrogen-bond acceptors (Lipinski definition) is 4. The summed E-state index contributed by atoms with van der Waals surface area (Å²) in [6.45, 7) is 4.45. The molecule has 0 spiro atoms. The lowest BCUT2D eigenvalue weighted by Gasteiger charge is -2.11. The zero-order chi connectivity index (χ0) is 12.7. The van der Waals surface area contributed by atoms with E-state index in [0.717, 1.165) is 6.42 Å². The van der Waals surface area contributed by atoms with Crippen LogP contribution in [0.2, 0.25) is 0 Å². The van der Waals surface area contributed by atoms with E-state index in [4.69, 9.17) is 10.5 Å². The Labute approximate surface area is 101 Å². The second-order valence-electron chi connectivity index (χ2n) is 3.70. The first-order valence-corrected chi connectivity index (χ1v) is 5.82. The molecule has 0 radical (unpaired) electrons. The highest BCUT2D eigenvalue weighted by molar-refractivity contribution is 5.94. The highest BCUT2D eigenvalue weighted by Gasteiger charge is 2.12. The van der Waals surface area contributed by atoms with E-state index < -0.39 is 6.04 Å². The predicted molar refractivity (Wildman–Crippen MR) is 66.9 cm³/mol. The summed E-state index contributed by atoms with van der Waals surface area (Å²) >= 11 is 0. The van der Waals surface area contributed by atoms with Crippen molar-refractivity contribution >= 4 is 11.6 Å². The van der Waals surface area contributed by atoms with Crippen LogP contribution < -0.4 is 15.8 Å². The third-order valence-corrected chi connectivity index (χ3v) is 2.23. The van der Waals surface area contributed by atoms with Crippen molar-refractivity contribution < 1.29 is 9.53 Å². The molecule has 3 N–H and O–H groups in total. The first-order valence-electron chi connectivity index (χ1n) is 5.82. The van der Waals surface area contributed by atoms with Gasteiger partial charge in [0.25, 0.3) is 0 Å². The number of carbonyl (C=O) groups excluding carboxylic acids is 1. The van der Waals surface area contributed by atoms with E-state index in [1.807, 2.05) is 13.8 Å². The second-order valence-corrected chi connectivity index (χ2v) is 3.70. The molecule has 94 valence electrons. The fourth-order valence-corrected chi connectivity index (χ4v) is 1.36. The summed E-state index contributed by atoms with van der Waals surface area (Å²) in [5.74, 6) is 0.362. The Hall–Kier alpha value is -1.62. The van der Waals surface area contributed by atoms with E-state index in [1.165, 1.54) is 0 Å². The highest BCUT2D eigenvalue weighted by atomic mass is 16.5. The maximum absolute atomic E-state index is 11.6. The van der Waals surface area contributed by atoms with E-state index in [-0.39, 0.29) is 5.91 Å². The van der Waals surface area contributed by atoms with Crippen LogP contribution in [-0.4, -0.2) is 23.5 Å². The van der Waals surface area contributed by atoms with Gasteiger partial charge in [-0.15, -0.1) is 0 Å². The van der Waals surface area contributed by atoms with Crippen LogP contribution in [0.15, 0.2) is 18.3 Å². The molecule has 0 fully saturated rings.